The van der Waals surface area contributed by atoms with Gasteiger partial charge < -0.3 is 10.1 Å². The number of hydrogen-bond donors (Lipinski definition) is 1. The summed E-state index contributed by atoms with van der Waals surface area (Å²) in [6, 6.07) is 0.601. The van der Waals surface area contributed by atoms with Crippen molar-refractivity contribution in [2.24, 2.45) is 0 Å². The van der Waals surface area contributed by atoms with Crippen molar-refractivity contribution in [3.63, 3.8) is 0 Å². The first-order chi connectivity index (χ1) is 7.22. The molecule has 90 valence electrons. The molecule has 1 aliphatic rings. The Hall–Kier alpha value is -0.120. The minimum Gasteiger partial charge on any atom is -0.376 e. The van der Waals surface area contributed by atoms with Gasteiger partial charge >= 0.3 is 0 Å². The summed E-state index contributed by atoms with van der Waals surface area (Å²) in [5.41, 5.74) is 0. The Morgan fingerprint density at radius 2 is 2.27 bits per heavy atom. The Labute approximate surface area is 94.2 Å². The molecule has 0 bridgehead atoms. The number of hydrogen-bond acceptors (Lipinski definition) is 3. The number of likely N-dealkylation sites (N-methyl/N-ethyl adjacent to an activating group) is 1. The second kappa shape index (κ2) is 7.20. The van der Waals surface area contributed by atoms with Crippen LogP contribution in [0.1, 0.15) is 33.6 Å². The summed E-state index contributed by atoms with van der Waals surface area (Å²) >= 11 is 0. The standard InChI is InChI=1S/C12H26N2O/c1-4-14-8-9-15-12(10-14)6-5-7-13-11(2)3/h11-13H,4-10H2,1-3H3. The van der Waals surface area contributed by atoms with Gasteiger partial charge in [-0.2, -0.15) is 0 Å². The molecule has 15 heavy (non-hydrogen) atoms. The summed E-state index contributed by atoms with van der Waals surface area (Å²) in [5, 5.41) is 3.44. The van der Waals surface area contributed by atoms with E-state index in [4.69, 9.17) is 4.74 Å². The third-order valence-corrected chi connectivity index (χ3v) is 2.93. The number of nitrogens with zero attached hydrogens (tertiary/aromatic N) is 1. The quantitative estimate of drug-likeness (QED) is 0.678. The Bertz CT molecular complexity index is 162. The molecule has 1 heterocycles. The van der Waals surface area contributed by atoms with E-state index in [9.17, 15) is 0 Å². The van der Waals surface area contributed by atoms with Crippen LogP contribution in [0.2, 0.25) is 0 Å². The van der Waals surface area contributed by atoms with Crippen LogP contribution >= 0.6 is 0 Å². The highest BCUT2D eigenvalue weighted by Crippen LogP contribution is 2.09. The van der Waals surface area contributed by atoms with Gasteiger partial charge in [0.25, 0.3) is 0 Å². The van der Waals surface area contributed by atoms with Gasteiger partial charge in [-0.3, -0.25) is 4.90 Å². The normalized spacial score (nSPS) is 23.6. The largest absolute Gasteiger partial charge is 0.376 e. The van der Waals surface area contributed by atoms with Gasteiger partial charge in [0.2, 0.25) is 0 Å². The van der Waals surface area contributed by atoms with Crippen molar-refractivity contribution in [2.75, 3.05) is 32.8 Å². The van der Waals surface area contributed by atoms with E-state index in [2.05, 4.69) is 31.0 Å². The average molecular weight is 214 g/mol. The molecule has 0 aromatic carbocycles. The molecule has 1 rings (SSSR count). The molecule has 0 spiro atoms. The van der Waals surface area contributed by atoms with Crippen LogP contribution < -0.4 is 5.32 Å². The first kappa shape index (κ1) is 12.9. The molecule has 0 aromatic heterocycles. The van der Waals surface area contributed by atoms with E-state index in [0.29, 0.717) is 12.1 Å². The van der Waals surface area contributed by atoms with Gasteiger partial charge in [0.15, 0.2) is 0 Å². The first-order valence-electron chi connectivity index (χ1n) is 6.29. The van der Waals surface area contributed by atoms with Crippen molar-refractivity contribution in [1.29, 1.82) is 0 Å². The molecule has 1 unspecified atom stereocenters. The van der Waals surface area contributed by atoms with Crippen LogP contribution in [0.15, 0.2) is 0 Å². The van der Waals surface area contributed by atoms with E-state index < -0.39 is 0 Å². The van der Waals surface area contributed by atoms with E-state index >= 15 is 0 Å². The zero-order chi connectivity index (χ0) is 11.1. The highest BCUT2D eigenvalue weighted by molar-refractivity contribution is 4.71. The van der Waals surface area contributed by atoms with E-state index in [-0.39, 0.29) is 0 Å². The average Bonchev–Trinajstić information content (AvgIpc) is 2.24. The molecule has 0 aromatic rings. The monoisotopic (exact) mass is 214 g/mol. The maximum absolute atomic E-state index is 5.75. The summed E-state index contributed by atoms with van der Waals surface area (Å²) in [5.74, 6) is 0. The SMILES string of the molecule is CCN1CCOC(CCCNC(C)C)C1. The zero-order valence-electron chi connectivity index (χ0n) is 10.5. The number of nitrogens with one attached hydrogen (secondary N) is 1. The molecule has 1 fully saturated rings. The molecular formula is C12H26N2O. The maximum Gasteiger partial charge on any atom is 0.0703 e. The van der Waals surface area contributed by atoms with Gasteiger partial charge in [0, 0.05) is 19.1 Å². The second-order valence-corrected chi connectivity index (χ2v) is 4.64. The molecule has 3 heteroatoms. The van der Waals surface area contributed by atoms with Gasteiger partial charge in [-0.15, -0.1) is 0 Å². The van der Waals surface area contributed by atoms with Crippen molar-refractivity contribution in [2.45, 2.75) is 45.8 Å². The van der Waals surface area contributed by atoms with Gasteiger partial charge in [0.05, 0.1) is 12.7 Å². The molecule has 1 atom stereocenters. The van der Waals surface area contributed by atoms with Crippen molar-refractivity contribution < 1.29 is 4.74 Å². The molecule has 0 radical (unpaired) electrons. The van der Waals surface area contributed by atoms with Crippen LogP contribution in [0.3, 0.4) is 0 Å². The lowest BCUT2D eigenvalue weighted by molar-refractivity contribution is -0.0309. The van der Waals surface area contributed by atoms with Crippen LogP contribution in [0.5, 0.6) is 0 Å². The highest BCUT2D eigenvalue weighted by Gasteiger charge is 2.18. The summed E-state index contributed by atoms with van der Waals surface area (Å²) < 4.78 is 5.75. The summed E-state index contributed by atoms with van der Waals surface area (Å²) in [6.45, 7) is 12.0. The minimum atomic E-state index is 0.465. The number of rotatable bonds is 6. The summed E-state index contributed by atoms with van der Waals surface area (Å²) in [6.07, 6.45) is 2.88. The maximum atomic E-state index is 5.75. The van der Waals surface area contributed by atoms with Crippen LogP contribution in [-0.2, 0) is 4.74 Å². The lowest BCUT2D eigenvalue weighted by Crippen LogP contribution is -2.42. The van der Waals surface area contributed by atoms with Crippen molar-refractivity contribution in [3.05, 3.63) is 0 Å². The summed E-state index contributed by atoms with van der Waals surface area (Å²) in [7, 11) is 0. The molecule has 1 aliphatic heterocycles. The van der Waals surface area contributed by atoms with E-state index in [1.54, 1.807) is 0 Å². The Morgan fingerprint density at radius 1 is 1.47 bits per heavy atom. The molecule has 1 saturated heterocycles. The molecule has 0 saturated carbocycles. The summed E-state index contributed by atoms with van der Waals surface area (Å²) in [4.78, 5) is 2.48. The third kappa shape index (κ3) is 5.50. The van der Waals surface area contributed by atoms with E-state index in [1.165, 1.54) is 12.8 Å². The van der Waals surface area contributed by atoms with Gasteiger partial charge in [-0.25, -0.2) is 0 Å². The lowest BCUT2D eigenvalue weighted by Gasteiger charge is -2.32. The molecular weight excluding hydrogens is 188 g/mol. The van der Waals surface area contributed by atoms with Crippen LogP contribution in [-0.4, -0.2) is 49.8 Å². The second-order valence-electron chi connectivity index (χ2n) is 4.64. The fourth-order valence-corrected chi connectivity index (χ4v) is 1.96. The van der Waals surface area contributed by atoms with Crippen molar-refractivity contribution >= 4 is 0 Å². The van der Waals surface area contributed by atoms with Gasteiger partial charge in [-0.05, 0) is 25.9 Å². The molecule has 1 N–H and O–H groups in total. The van der Waals surface area contributed by atoms with E-state index in [1.807, 2.05) is 0 Å². The van der Waals surface area contributed by atoms with Crippen LogP contribution in [0.4, 0.5) is 0 Å². The third-order valence-electron chi connectivity index (χ3n) is 2.93. The predicted molar refractivity (Wildman–Crippen MR) is 64.2 cm³/mol. The Morgan fingerprint density at radius 3 is 2.93 bits per heavy atom. The van der Waals surface area contributed by atoms with Crippen LogP contribution in [0, 0.1) is 0 Å². The van der Waals surface area contributed by atoms with Crippen LogP contribution in [0.25, 0.3) is 0 Å². The molecule has 0 amide bonds. The minimum absolute atomic E-state index is 0.465. The molecule has 3 nitrogen and oxygen atoms in total. The van der Waals surface area contributed by atoms with Gasteiger partial charge in [-0.1, -0.05) is 20.8 Å². The Kier molecular flexibility index (Phi) is 6.22. The lowest BCUT2D eigenvalue weighted by atomic mass is 10.1. The highest BCUT2D eigenvalue weighted by atomic mass is 16.5. The number of ether oxygens (including phenoxy) is 1. The zero-order valence-corrected chi connectivity index (χ0v) is 10.5. The molecule has 0 aliphatic carbocycles. The predicted octanol–water partition coefficient (Wildman–Crippen LogP) is 1.49. The van der Waals surface area contributed by atoms with Gasteiger partial charge in [0.1, 0.15) is 0 Å². The first-order valence-corrected chi connectivity index (χ1v) is 6.29. The number of morpholine rings is 1. The smallest absolute Gasteiger partial charge is 0.0703 e. The topological polar surface area (TPSA) is 24.5 Å². The van der Waals surface area contributed by atoms with E-state index in [0.717, 1.165) is 32.8 Å². The Balaban J connectivity index is 2.05. The fourth-order valence-electron chi connectivity index (χ4n) is 1.96. The van der Waals surface area contributed by atoms with Crippen molar-refractivity contribution in [3.8, 4) is 0 Å². The fraction of sp³-hybridized carbons (Fsp3) is 1.00. The van der Waals surface area contributed by atoms with Crippen molar-refractivity contribution in [1.82, 2.24) is 10.2 Å².